The third-order valence-electron chi connectivity index (χ3n) is 5.24. The molecule has 0 saturated carbocycles. The van der Waals surface area contributed by atoms with Crippen molar-refractivity contribution in [3.8, 4) is 5.75 Å². The van der Waals surface area contributed by atoms with Crippen molar-refractivity contribution in [3.63, 3.8) is 0 Å². The minimum absolute atomic E-state index is 0.103. The van der Waals surface area contributed by atoms with Gasteiger partial charge in [-0.1, -0.05) is 29.8 Å². The monoisotopic (exact) mass is 489 g/mol. The van der Waals surface area contributed by atoms with E-state index in [1.807, 2.05) is 33.8 Å². The Hall–Kier alpha value is -2.91. The minimum Gasteiger partial charge on any atom is -0.497 e. The van der Waals surface area contributed by atoms with Crippen LogP contribution in [0.1, 0.15) is 38.8 Å². The highest BCUT2D eigenvalue weighted by molar-refractivity contribution is 7.89. The lowest BCUT2D eigenvalue weighted by Gasteiger charge is -2.32. The Morgan fingerprint density at radius 3 is 2.26 bits per heavy atom. The van der Waals surface area contributed by atoms with Crippen LogP contribution in [0.25, 0.3) is 0 Å². The summed E-state index contributed by atoms with van der Waals surface area (Å²) in [6, 6.07) is 12.8. The maximum absolute atomic E-state index is 13.4. The summed E-state index contributed by atoms with van der Waals surface area (Å²) in [6.07, 6.45) is 0. The van der Waals surface area contributed by atoms with Crippen molar-refractivity contribution >= 4 is 21.8 Å². The van der Waals surface area contributed by atoms with Gasteiger partial charge >= 0.3 is 0 Å². The molecule has 2 aromatic rings. The molecule has 2 aromatic carbocycles. The molecule has 186 valence electrons. The molecule has 0 bridgehead atoms. The summed E-state index contributed by atoms with van der Waals surface area (Å²) in [4.78, 5) is 27.7. The summed E-state index contributed by atoms with van der Waals surface area (Å²) < 4.78 is 32.3. The van der Waals surface area contributed by atoms with Crippen LogP contribution in [0, 0.1) is 6.92 Å². The molecule has 1 atom stereocenters. The predicted octanol–water partition coefficient (Wildman–Crippen LogP) is 2.96. The first-order chi connectivity index (χ1) is 15.7. The normalized spacial score (nSPS) is 12.8. The molecule has 0 saturated heterocycles. The lowest BCUT2D eigenvalue weighted by Crippen LogP contribution is -2.54. The van der Waals surface area contributed by atoms with Gasteiger partial charge in [0.15, 0.2) is 0 Å². The fraction of sp³-hybridized carbons (Fsp3) is 0.440. The van der Waals surface area contributed by atoms with Gasteiger partial charge in [-0.05, 0) is 64.4 Å². The van der Waals surface area contributed by atoms with E-state index in [0.717, 1.165) is 15.4 Å². The molecular formula is C25H35N3O5S. The first-order valence-corrected chi connectivity index (χ1v) is 12.5. The van der Waals surface area contributed by atoms with Gasteiger partial charge in [0.2, 0.25) is 21.8 Å². The van der Waals surface area contributed by atoms with Crippen LogP contribution >= 0.6 is 0 Å². The number of amides is 2. The number of nitrogens with one attached hydrogen (secondary N) is 1. The zero-order valence-electron chi connectivity index (χ0n) is 21.0. The van der Waals surface area contributed by atoms with Gasteiger partial charge in [0.25, 0.3) is 0 Å². The number of carbonyl (C=O) groups excluding carboxylic acids is 2. The number of ether oxygens (including phenoxy) is 1. The Kier molecular flexibility index (Phi) is 8.85. The van der Waals surface area contributed by atoms with Crippen LogP contribution in [0.3, 0.4) is 0 Å². The smallest absolute Gasteiger partial charge is 0.243 e. The molecule has 8 nitrogen and oxygen atoms in total. The SMILES string of the molecule is COc1cccc(CN(C(=O)CN(C)S(=O)(=O)c2ccc(C)cc2)C(C)C(=O)NC(C)(C)C)c1. The van der Waals surface area contributed by atoms with E-state index in [2.05, 4.69) is 5.32 Å². The molecule has 0 aliphatic rings. The highest BCUT2D eigenvalue weighted by Gasteiger charge is 2.31. The summed E-state index contributed by atoms with van der Waals surface area (Å²) in [5.74, 6) is -0.193. The second-order valence-corrected chi connectivity index (χ2v) is 11.4. The van der Waals surface area contributed by atoms with Gasteiger partial charge in [0.05, 0.1) is 18.6 Å². The second-order valence-electron chi connectivity index (χ2n) is 9.36. The first-order valence-electron chi connectivity index (χ1n) is 11.0. The first kappa shape index (κ1) is 27.3. The highest BCUT2D eigenvalue weighted by atomic mass is 32.2. The fourth-order valence-corrected chi connectivity index (χ4v) is 4.40. The number of nitrogens with zero attached hydrogens (tertiary/aromatic N) is 2. The molecular weight excluding hydrogens is 454 g/mol. The lowest BCUT2D eigenvalue weighted by atomic mass is 10.1. The van der Waals surface area contributed by atoms with E-state index in [4.69, 9.17) is 4.74 Å². The minimum atomic E-state index is -3.88. The molecule has 1 unspecified atom stereocenters. The number of sulfonamides is 1. The third kappa shape index (κ3) is 7.30. The van der Waals surface area contributed by atoms with E-state index in [9.17, 15) is 18.0 Å². The second kappa shape index (κ2) is 11.0. The van der Waals surface area contributed by atoms with Gasteiger partial charge in [0.1, 0.15) is 11.8 Å². The molecule has 9 heteroatoms. The standard InChI is InChI=1S/C25H35N3O5S/c1-18-11-13-22(14-12-18)34(31,32)27(6)17-23(29)28(19(2)24(30)26-25(3,4)5)16-20-9-8-10-21(15-20)33-7/h8-15,19H,16-17H2,1-7H3,(H,26,30). The molecule has 0 aliphatic carbocycles. The number of hydrogen-bond acceptors (Lipinski definition) is 5. The number of aryl methyl sites for hydroxylation is 1. The zero-order valence-corrected chi connectivity index (χ0v) is 21.8. The van der Waals surface area contributed by atoms with Crippen molar-refractivity contribution in [1.29, 1.82) is 0 Å². The maximum atomic E-state index is 13.4. The van der Waals surface area contributed by atoms with E-state index >= 15 is 0 Å². The predicted molar refractivity (Wildman–Crippen MR) is 132 cm³/mol. The van der Waals surface area contributed by atoms with Gasteiger partial charge < -0.3 is 15.0 Å². The molecule has 0 heterocycles. The molecule has 0 aromatic heterocycles. The van der Waals surface area contributed by atoms with Crippen molar-refractivity contribution in [3.05, 3.63) is 59.7 Å². The van der Waals surface area contributed by atoms with Crippen molar-refractivity contribution in [2.45, 2.75) is 57.6 Å². The Bertz CT molecular complexity index is 1110. The molecule has 0 radical (unpaired) electrons. The van der Waals surface area contributed by atoms with E-state index in [-0.39, 0.29) is 17.3 Å². The Morgan fingerprint density at radius 2 is 1.71 bits per heavy atom. The lowest BCUT2D eigenvalue weighted by molar-refractivity contribution is -0.141. The zero-order chi connectivity index (χ0) is 25.7. The average Bonchev–Trinajstić information content (AvgIpc) is 2.76. The van der Waals surface area contributed by atoms with Crippen LogP contribution in [0.2, 0.25) is 0 Å². The molecule has 0 aliphatic heterocycles. The van der Waals surface area contributed by atoms with E-state index in [1.54, 1.807) is 44.4 Å². The number of methoxy groups -OCH3 is 1. The number of rotatable bonds is 9. The number of carbonyl (C=O) groups is 2. The topological polar surface area (TPSA) is 96.0 Å². The maximum Gasteiger partial charge on any atom is 0.243 e. The van der Waals surface area contributed by atoms with Crippen molar-refractivity contribution in [1.82, 2.24) is 14.5 Å². The largest absolute Gasteiger partial charge is 0.497 e. The van der Waals surface area contributed by atoms with Crippen LogP contribution < -0.4 is 10.1 Å². The van der Waals surface area contributed by atoms with Gasteiger partial charge in [-0.15, -0.1) is 0 Å². The fourth-order valence-electron chi connectivity index (χ4n) is 3.28. The molecule has 0 spiro atoms. The summed E-state index contributed by atoms with van der Waals surface area (Å²) in [5, 5.41) is 2.89. The van der Waals surface area contributed by atoms with E-state index < -0.39 is 34.1 Å². The summed E-state index contributed by atoms with van der Waals surface area (Å²) >= 11 is 0. The third-order valence-corrected chi connectivity index (χ3v) is 7.06. The molecule has 2 amide bonds. The summed E-state index contributed by atoms with van der Waals surface area (Å²) in [5.41, 5.74) is 1.20. The van der Waals surface area contributed by atoms with E-state index in [1.165, 1.54) is 24.1 Å². The van der Waals surface area contributed by atoms with Gasteiger partial charge in [-0.25, -0.2) is 8.42 Å². The highest BCUT2D eigenvalue weighted by Crippen LogP contribution is 2.19. The number of hydrogen-bond donors (Lipinski definition) is 1. The van der Waals surface area contributed by atoms with Crippen LogP contribution in [-0.2, 0) is 26.2 Å². The molecule has 34 heavy (non-hydrogen) atoms. The Morgan fingerprint density at radius 1 is 1.09 bits per heavy atom. The summed E-state index contributed by atoms with van der Waals surface area (Å²) in [7, 11) is -0.972. The van der Waals surface area contributed by atoms with Gasteiger partial charge in [0, 0.05) is 19.1 Å². The van der Waals surface area contributed by atoms with Gasteiger partial charge in [-0.2, -0.15) is 4.31 Å². The van der Waals surface area contributed by atoms with Crippen LogP contribution in [0.4, 0.5) is 0 Å². The molecule has 1 N–H and O–H groups in total. The number of likely N-dealkylation sites (N-methyl/N-ethyl adjacent to an activating group) is 1. The average molecular weight is 490 g/mol. The molecule has 0 fully saturated rings. The molecule has 2 rings (SSSR count). The van der Waals surface area contributed by atoms with Crippen LogP contribution in [-0.4, -0.2) is 61.7 Å². The summed E-state index contributed by atoms with van der Waals surface area (Å²) in [6.45, 7) is 8.77. The van der Waals surface area contributed by atoms with E-state index in [0.29, 0.717) is 5.75 Å². The Labute approximate surface area is 202 Å². The van der Waals surface area contributed by atoms with Crippen molar-refractivity contribution < 1.29 is 22.7 Å². The van der Waals surface area contributed by atoms with Crippen molar-refractivity contribution in [2.24, 2.45) is 0 Å². The van der Waals surface area contributed by atoms with Gasteiger partial charge in [-0.3, -0.25) is 9.59 Å². The van der Waals surface area contributed by atoms with Crippen molar-refractivity contribution in [2.75, 3.05) is 20.7 Å². The Balaban J connectivity index is 2.31. The quantitative estimate of drug-likeness (QED) is 0.584. The van der Waals surface area contributed by atoms with Crippen LogP contribution in [0.15, 0.2) is 53.4 Å². The number of benzene rings is 2. The van der Waals surface area contributed by atoms with Crippen LogP contribution in [0.5, 0.6) is 5.75 Å².